The molecule has 0 aromatic heterocycles. The molecule has 58 valence electrons. The molecule has 0 spiro atoms. The van der Waals surface area contributed by atoms with Gasteiger partial charge in [0.2, 0.25) is 0 Å². The molecule has 0 fully saturated rings. The second-order valence-corrected chi connectivity index (χ2v) is 4.74. The van der Waals surface area contributed by atoms with Gasteiger partial charge in [-0.3, -0.25) is 0 Å². The predicted octanol–water partition coefficient (Wildman–Crippen LogP) is 1.10. The molecule has 0 aliphatic carbocycles. The van der Waals surface area contributed by atoms with Crippen LogP contribution < -0.4 is 5.32 Å². The van der Waals surface area contributed by atoms with E-state index >= 15 is 0 Å². The van der Waals surface area contributed by atoms with Crippen molar-refractivity contribution in [2.45, 2.75) is 12.8 Å². The number of rotatable bonds is 0. The van der Waals surface area contributed by atoms with Crippen molar-refractivity contribution in [3.63, 3.8) is 0 Å². The molecule has 0 atom stereocenters. The molecule has 1 aliphatic heterocycles. The van der Waals surface area contributed by atoms with Gasteiger partial charge in [0.25, 0.3) is 0 Å². The van der Waals surface area contributed by atoms with E-state index in [4.69, 9.17) is 0 Å². The van der Waals surface area contributed by atoms with Gasteiger partial charge in [-0.15, -0.1) is 0 Å². The maximum absolute atomic E-state index is 3.42. The molecule has 0 radical (unpaired) electrons. The molecule has 1 rings (SSSR count). The van der Waals surface area contributed by atoms with Gasteiger partial charge in [-0.1, -0.05) is 0 Å². The molecule has 10 heavy (non-hydrogen) atoms. The Labute approximate surface area is 71.3 Å². The van der Waals surface area contributed by atoms with Crippen LogP contribution in [0.15, 0.2) is 0 Å². The fourth-order valence-electron chi connectivity index (χ4n) is 0.859. The van der Waals surface area contributed by atoms with Gasteiger partial charge in [0, 0.05) is 0 Å². The Bertz CT molecular complexity index is 95.9. The van der Waals surface area contributed by atoms with Gasteiger partial charge in [0.15, 0.2) is 0 Å². The van der Waals surface area contributed by atoms with E-state index in [2.05, 4.69) is 10.8 Å². The van der Waals surface area contributed by atoms with Crippen molar-refractivity contribution < 1.29 is 0 Å². The van der Waals surface area contributed by atoms with Crippen molar-refractivity contribution in [1.29, 1.82) is 0 Å². The summed E-state index contributed by atoms with van der Waals surface area (Å²) in [4.78, 5) is 0. The maximum atomic E-state index is 3.42. The van der Waals surface area contributed by atoms with E-state index in [1.54, 1.807) is 0 Å². The van der Waals surface area contributed by atoms with Gasteiger partial charge in [0.05, 0.1) is 0 Å². The summed E-state index contributed by atoms with van der Waals surface area (Å²) in [7, 11) is 0. The minimum absolute atomic E-state index is 1.21. The SMILES string of the molecule is B1=[SH]/CCCNCCCS/1. The summed E-state index contributed by atoms with van der Waals surface area (Å²) < 4.78 is 0. The standard InChI is InChI=1S/C6H14BNS2/c1-3-8-4-2-6-10-7-9-5-1/h8-9H,1-6H2. The van der Waals surface area contributed by atoms with Gasteiger partial charge in [-0.05, 0) is 0 Å². The molecule has 0 unspecified atom stereocenters. The average Bonchev–Trinajstić information content (AvgIpc) is 2.01. The Morgan fingerprint density at radius 2 is 2.20 bits per heavy atom. The number of nitrogens with one attached hydrogen (secondary N) is 1. The molecule has 0 aromatic carbocycles. The third kappa shape index (κ3) is 4.53. The fourth-order valence-corrected chi connectivity index (χ4v) is 2.78. The topological polar surface area (TPSA) is 12.0 Å². The van der Waals surface area contributed by atoms with Gasteiger partial charge in [-0.25, -0.2) is 0 Å². The van der Waals surface area contributed by atoms with E-state index in [1.165, 1.54) is 48.6 Å². The summed E-state index contributed by atoms with van der Waals surface area (Å²) in [6, 6.07) is 0. The normalized spacial score (nSPS) is 25.6. The first kappa shape index (κ1) is 8.82. The Kier molecular flexibility index (Phi) is 5.68. The van der Waals surface area contributed by atoms with Crippen molar-refractivity contribution in [2.75, 3.05) is 24.6 Å². The van der Waals surface area contributed by atoms with Gasteiger partial charge >= 0.3 is 71.0 Å². The third-order valence-corrected chi connectivity index (χ3v) is 3.70. The quantitative estimate of drug-likeness (QED) is 0.422. The van der Waals surface area contributed by atoms with Crippen molar-refractivity contribution >= 4 is 28.2 Å². The van der Waals surface area contributed by atoms with Crippen LogP contribution >= 0.6 is 22.8 Å². The fraction of sp³-hybridized carbons (Fsp3) is 1.00. The average molecular weight is 175 g/mol. The first-order valence-corrected chi connectivity index (χ1v) is 6.00. The van der Waals surface area contributed by atoms with Crippen LogP contribution in [0.5, 0.6) is 0 Å². The first-order chi connectivity index (χ1) is 5.00. The zero-order chi connectivity index (χ0) is 7.07. The van der Waals surface area contributed by atoms with Crippen molar-refractivity contribution in [3.05, 3.63) is 0 Å². The van der Waals surface area contributed by atoms with Gasteiger partial charge in [-0.2, -0.15) is 0 Å². The van der Waals surface area contributed by atoms with Gasteiger partial charge in [0.1, 0.15) is 0 Å². The van der Waals surface area contributed by atoms with Crippen LogP contribution in [-0.4, -0.2) is 30.0 Å². The summed E-state index contributed by atoms with van der Waals surface area (Å²) in [5.74, 6) is 2.62. The Morgan fingerprint density at radius 1 is 1.30 bits per heavy atom. The van der Waals surface area contributed by atoms with Crippen LogP contribution in [0.2, 0.25) is 0 Å². The Balaban J connectivity index is 2.13. The molecule has 1 heterocycles. The monoisotopic (exact) mass is 175 g/mol. The molecule has 4 heteroatoms. The van der Waals surface area contributed by atoms with Crippen LogP contribution in [0, 0.1) is 0 Å². The summed E-state index contributed by atoms with van der Waals surface area (Å²) in [5, 5.41) is 3.42. The van der Waals surface area contributed by atoms with Crippen LogP contribution in [0.3, 0.4) is 0 Å². The van der Waals surface area contributed by atoms with Crippen LogP contribution in [0.1, 0.15) is 12.8 Å². The molecule has 1 nitrogen and oxygen atoms in total. The first-order valence-electron chi connectivity index (χ1n) is 3.81. The number of thiol groups is 1. The number of hydrogen-bond donors (Lipinski definition) is 2. The summed E-state index contributed by atoms with van der Waals surface area (Å²) in [6.45, 7) is 2.42. The Morgan fingerprint density at radius 3 is 3.20 bits per heavy atom. The van der Waals surface area contributed by atoms with E-state index in [-0.39, 0.29) is 0 Å². The molecule has 0 amide bonds. The van der Waals surface area contributed by atoms with E-state index in [9.17, 15) is 0 Å². The van der Waals surface area contributed by atoms with Crippen LogP contribution in [0.4, 0.5) is 0 Å². The van der Waals surface area contributed by atoms with Gasteiger partial charge < -0.3 is 0 Å². The van der Waals surface area contributed by atoms with Crippen LogP contribution in [0.25, 0.3) is 0 Å². The van der Waals surface area contributed by atoms with Crippen molar-refractivity contribution in [3.8, 4) is 0 Å². The molecule has 0 bridgehead atoms. The molecule has 0 saturated heterocycles. The van der Waals surface area contributed by atoms with E-state index in [1.807, 2.05) is 11.6 Å². The number of hydrogen-bond acceptors (Lipinski definition) is 2. The van der Waals surface area contributed by atoms with E-state index in [0.717, 1.165) is 0 Å². The molecular formula is C6H14BNS2. The zero-order valence-electron chi connectivity index (χ0n) is 6.18. The van der Waals surface area contributed by atoms with E-state index < -0.39 is 0 Å². The zero-order valence-corrected chi connectivity index (χ0v) is 7.89. The summed E-state index contributed by atoms with van der Waals surface area (Å²) >= 11 is 3.49. The summed E-state index contributed by atoms with van der Waals surface area (Å²) in [6.07, 6.45) is 2.65. The second-order valence-electron chi connectivity index (χ2n) is 2.34. The molecule has 0 aromatic rings. The second kappa shape index (κ2) is 6.44. The molecule has 1 N–H and O–H groups in total. The van der Waals surface area contributed by atoms with Crippen molar-refractivity contribution in [1.82, 2.24) is 5.32 Å². The summed E-state index contributed by atoms with van der Waals surface area (Å²) in [5.41, 5.74) is 2.34. The van der Waals surface area contributed by atoms with Crippen molar-refractivity contribution in [2.24, 2.45) is 0 Å². The van der Waals surface area contributed by atoms with E-state index in [0.29, 0.717) is 0 Å². The third-order valence-electron chi connectivity index (χ3n) is 1.41. The predicted molar refractivity (Wildman–Crippen MR) is 54.2 cm³/mol. The molecule has 0 saturated carbocycles. The molecular weight excluding hydrogens is 161 g/mol. The molecule has 1 aliphatic rings. The Hall–Kier alpha value is 0.725. The minimum atomic E-state index is 1.21. The van der Waals surface area contributed by atoms with Crippen LogP contribution in [-0.2, 0) is 0 Å².